The van der Waals surface area contributed by atoms with Gasteiger partial charge in [-0.3, -0.25) is 4.79 Å². The smallest absolute Gasteiger partial charge is 0.505 e. The lowest BCUT2D eigenvalue weighted by molar-refractivity contribution is -0.110. The molecule has 0 saturated carbocycles. The van der Waals surface area contributed by atoms with Gasteiger partial charge in [0.15, 0.2) is 28.8 Å². The Morgan fingerprint density at radius 2 is 1.31 bits per heavy atom. The summed E-state index contributed by atoms with van der Waals surface area (Å²) in [6.07, 6.45) is 4.82. The first-order valence-electron chi connectivity index (χ1n) is 14.6. The van der Waals surface area contributed by atoms with Crippen molar-refractivity contribution in [3.63, 3.8) is 0 Å². The van der Waals surface area contributed by atoms with Crippen LogP contribution in [0.2, 0.25) is 0 Å². The highest BCUT2D eigenvalue weighted by Gasteiger charge is 2.18. The first-order valence-corrected chi connectivity index (χ1v) is 8.59. The molecule has 0 aromatic heterocycles. The van der Waals surface area contributed by atoms with Crippen LogP contribution in [0.3, 0.4) is 0 Å². The van der Waals surface area contributed by atoms with Gasteiger partial charge in [-0.05, 0) is 47.5 Å². The van der Waals surface area contributed by atoms with Gasteiger partial charge < -0.3 is 23.6 Å². The number of rotatable bonds is 11. The molecule has 0 bridgehead atoms. The predicted molar refractivity (Wildman–Crippen MR) is 119 cm³/mol. The van der Waals surface area contributed by atoms with Gasteiger partial charge in [-0.1, -0.05) is 24.3 Å². The average molecular weight is 456 g/mol. The molecular weight excluding hydrogens is 421 g/mol. The molecule has 168 valence electrons. The van der Waals surface area contributed by atoms with Crippen molar-refractivity contribution in [1.82, 2.24) is 0 Å². The van der Waals surface area contributed by atoms with Crippen molar-refractivity contribution in [2.45, 2.75) is 0 Å². The maximum Gasteiger partial charge on any atom is 0.796 e. The largest absolute Gasteiger partial charge is 0.796 e. The van der Waals surface area contributed by atoms with Crippen molar-refractivity contribution >= 4 is 25.4 Å². The Bertz CT molecular complexity index is 1400. The van der Waals surface area contributed by atoms with Gasteiger partial charge in [0.05, 0.1) is 44.6 Å². The molecule has 0 aliphatic heterocycles. The van der Waals surface area contributed by atoms with Crippen LogP contribution >= 0.6 is 0 Å². The highest BCUT2D eigenvalue weighted by molar-refractivity contribution is 6.35. The average Bonchev–Trinajstić information content (AvgIpc) is 2.80. The summed E-state index contributed by atoms with van der Waals surface area (Å²) in [6, 6.07) is 6.84. The van der Waals surface area contributed by atoms with Crippen molar-refractivity contribution < 1.29 is 53.5 Å². The van der Waals surface area contributed by atoms with Gasteiger partial charge in [0.2, 0.25) is 0 Å². The van der Waals surface area contributed by atoms with E-state index in [1.165, 1.54) is 12.1 Å². The Labute approximate surface area is 202 Å². The lowest BCUT2D eigenvalue weighted by atomic mass is 10.1. The SMILES string of the molecule is [2H]C([2H])([2H])Oc1ccc(/C=C/C(=O)/C=C(/C=C/c2ccc(OC([2H])([2H])[2H])c(OC([2H])([2H])[2H])c2)OB(F)F)cc1OC([2H])([2H])[2H]. The Morgan fingerprint density at radius 3 is 1.81 bits per heavy atom. The summed E-state index contributed by atoms with van der Waals surface area (Å²) < 4.78 is 136. The number of allylic oxidation sites excluding steroid dienone is 3. The molecule has 0 saturated heterocycles. The summed E-state index contributed by atoms with van der Waals surface area (Å²) in [4.78, 5) is 12.5. The van der Waals surface area contributed by atoms with Crippen molar-refractivity contribution in [3.8, 4) is 23.0 Å². The molecule has 2 rings (SSSR count). The molecule has 6 nitrogen and oxygen atoms in total. The highest BCUT2D eigenvalue weighted by atomic mass is 19.2. The number of benzene rings is 2. The predicted octanol–water partition coefficient (Wildman–Crippen LogP) is 4.84. The number of ketones is 1. The molecule has 0 amide bonds. The van der Waals surface area contributed by atoms with Crippen LogP contribution < -0.4 is 18.9 Å². The lowest BCUT2D eigenvalue weighted by Gasteiger charge is -2.08. The second-order valence-electron chi connectivity index (χ2n) is 5.81. The minimum atomic E-state index is -3.35. The van der Waals surface area contributed by atoms with Gasteiger partial charge in [-0.15, -0.1) is 0 Å². The van der Waals surface area contributed by atoms with Crippen molar-refractivity contribution in [1.29, 1.82) is 0 Å². The van der Waals surface area contributed by atoms with Gasteiger partial charge in [0.1, 0.15) is 5.76 Å². The second kappa shape index (κ2) is 12.2. The summed E-state index contributed by atoms with van der Waals surface area (Å²) >= 11 is 0. The van der Waals surface area contributed by atoms with Crippen molar-refractivity contribution in [2.75, 3.05) is 28.2 Å². The van der Waals surface area contributed by atoms with Crippen LogP contribution in [0.5, 0.6) is 23.0 Å². The van der Waals surface area contributed by atoms with Gasteiger partial charge in [0.25, 0.3) is 0 Å². The van der Waals surface area contributed by atoms with Crippen LogP contribution in [-0.2, 0) is 9.45 Å². The first-order chi connectivity index (χ1) is 20.0. The van der Waals surface area contributed by atoms with Gasteiger partial charge >= 0.3 is 7.47 Å². The fraction of sp³-hybridized carbons (Fsp3) is 0.174. The molecule has 0 unspecified atom stereocenters. The third-order valence-corrected chi connectivity index (χ3v) is 3.77. The number of carbonyl (C=O) groups is 1. The lowest BCUT2D eigenvalue weighted by Crippen LogP contribution is -2.04. The molecule has 9 heteroatoms. The molecule has 0 heterocycles. The third kappa shape index (κ3) is 7.19. The van der Waals surface area contributed by atoms with Crippen LogP contribution in [0, 0.1) is 0 Å². The fourth-order valence-corrected chi connectivity index (χ4v) is 2.35. The number of halogens is 2. The standard InChI is InChI=1S/C23H23BF2O6/c1-28-20-11-7-16(13-22(20)30-3)5-9-18(27)15-19(32-24(25)26)10-6-17-8-12-21(29-2)23(14-17)31-4/h5-15H,1-4H3/b9-5+,10-6+,19-15-/i1D3,2D3,3D3,4D3. The minimum absolute atomic E-state index is 0.120. The molecule has 2 aromatic rings. The van der Waals surface area contributed by atoms with Crippen LogP contribution in [0.15, 0.2) is 60.4 Å². The molecular formula is C23H23BF2O6. The maximum atomic E-state index is 13.0. The number of hydrogen-bond donors (Lipinski definition) is 0. The summed E-state index contributed by atoms with van der Waals surface area (Å²) in [7, 11) is -15.2. The molecule has 2 aromatic carbocycles. The van der Waals surface area contributed by atoms with Crippen molar-refractivity contribution in [3.05, 3.63) is 71.5 Å². The number of ether oxygens (including phenoxy) is 4. The van der Waals surface area contributed by atoms with E-state index in [1.807, 2.05) is 0 Å². The zero-order valence-electron chi connectivity index (χ0n) is 28.1. The molecule has 0 radical (unpaired) electrons. The highest BCUT2D eigenvalue weighted by Crippen LogP contribution is 2.29. The van der Waals surface area contributed by atoms with Gasteiger partial charge in [-0.2, -0.15) is 0 Å². The monoisotopic (exact) mass is 456 g/mol. The maximum absolute atomic E-state index is 13.0. The van der Waals surface area contributed by atoms with E-state index in [2.05, 4.69) is 4.65 Å². The van der Waals surface area contributed by atoms with E-state index >= 15 is 0 Å². The molecule has 0 aliphatic rings. The van der Waals surface area contributed by atoms with Crippen LogP contribution in [0.1, 0.15) is 27.6 Å². The van der Waals surface area contributed by atoms with Crippen LogP contribution in [-0.4, -0.2) is 41.4 Å². The Kier molecular flexibility index (Phi) is 4.70. The number of hydrogen-bond acceptors (Lipinski definition) is 6. The van der Waals surface area contributed by atoms with Crippen molar-refractivity contribution in [2.24, 2.45) is 0 Å². The molecule has 0 atom stereocenters. The van der Waals surface area contributed by atoms with E-state index < -0.39 is 70.2 Å². The van der Waals surface area contributed by atoms with E-state index in [0.717, 1.165) is 48.6 Å². The molecule has 0 N–H and O–H groups in total. The van der Waals surface area contributed by atoms with E-state index in [1.54, 1.807) is 0 Å². The van der Waals surface area contributed by atoms with Crippen LogP contribution in [0.4, 0.5) is 8.63 Å². The first kappa shape index (κ1) is 12.3. The molecule has 32 heavy (non-hydrogen) atoms. The zero-order chi connectivity index (χ0) is 33.5. The Morgan fingerprint density at radius 1 is 0.812 bits per heavy atom. The number of methoxy groups -OCH3 is 4. The quantitative estimate of drug-likeness (QED) is 0.209. The van der Waals surface area contributed by atoms with Gasteiger partial charge in [-0.25, -0.2) is 8.63 Å². The Hall–Kier alpha value is -3.75. The molecule has 0 aliphatic carbocycles. The summed E-state index contributed by atoms with van der Waals surface area (Å²) in [5, 5.41) is 0. The van der Waals surface area contributed by atoms with Crippen LogP contribution in [0.25, 0.3) is 12.2 Å². The number of carbonyl (C=O) groups excluding carboxylic acids is 1. The Balaban J connectivity index is 2.35. The van der Waals surface area contributed by atoms with E-state index in [-0.39, 0.29) is 11.1 Å². The minimum Gasteiger partial charge on any atom is -0.505 e. The normalized spacial score (nSPS) is 18.6. The molecule has 0 fully saturated rings. The van der Waals surface area contributed by atoms with E-state index in [9.17, 15) is 13.4 Å². The summed E-state index contributed by atoms with van der Waals surface area (Å²) in [5.74, 6) is -3.30. The summed E-state index contributed by atoms with van der Waals surface area (Å²) in [5.41, 5.74) is 0.270. The second-order valence-corrected chi connectivity index (χ2v) is 5.81. The zero-order valence-corrected chi connectivity index (χ0v) is 16.1. The van der Waals surface area contributed by atoms with Gasteiger partial charge in [0, 0.05) is 6.08 Å². The molecule has 0 spiro atoms. The van der Waals surface area contributed by atoms with E-state index in [4.69, 9.17) is 35.4 Å². The topological polar surface area (TPSA) is 63.2 Å². The summed E-state index contributed by atoms with van der Waals surface area (Å²) in [6.45, 7) is 0. The van der Waals surface area contributed by atoms with E-state index in [0.29, 0.717) is 6.08 Å². The fourth-order valence-electron chi connectivity index (χ4n) is 2.35. The third-order valence-electron chi connectivity index (χ3n) is 3.77.